The summed E-state index contributed by atoms with van der Waals surface area (Å²) in [5.41, 5.74) is 0. The van der Waals surface area contributed by atoms with Gasteiger partial charge in [-0.2, -0.15) is 0 Å². The molecule has 60 valence electrons. The molecule has 0 fully saturated rings. The summed E-state index contributed by atoms with van der Waals surface area (Å²) in [6, 6.07) is 0. The molecule has 0 aliphatic carbocycles. The average Bonchev–Trinajstić information content (AvgIpc) is 1.39. The fourth-order valence-corrected chi connectivity index (χ4v) is 0. The molecule has 0 N–H and O–H groups in total. The van der Waals surface area contributed by atoms with Crippen molar-refractivity contribution < 1.29 is 68.4 Å². The standard InChI is InChI=1S/2As.5Ni. The summed E-state index contributed by atoms with van der Waals surface area (Å²) in [6.45, 7) is 0. The van der Waals surface area contributed by atoms with Crippen molar-refractivity contribution in [3.8, 4) is 0 Å². The minimum absolute atomic E-state index is 0. The third-order valence-electron chi connectivity index (χ3n) is 0. The molecule has 0 amide bonds. The second kappa shape index (κ2) is 22.6. The Kier molecular flexibility index (Phi) is 54.7. The first-order valence-corrected chi connectivity index (χ1v) is 12.1. The Morgan fingerprint density at radius 2 is 0.714 bits per heavy atom. The topological polar surface area (TPSA) is 0 Å². The average molecular weight is 443 g/mol. The summed E-state index contributed by atoms with van der Waals surface area (Å²) in [7, 11) is 0. The molecule has 0 aromatic carbocycles. The van der Waals surface area contributed by atoms with Gasteiger partial charge in [-0.05, 0) is 0 Å². The van der Waals surface area contributed by atoms with E-state index in [-0.39, 0.29) is 38.8 Å². The Bertz CT molecular complexity index is 60.1. The van der Waals surface area contributed by atoms with Gasteiger partial charge in [-0.1, -0.05) is 0 Å². The second-order valence-corrected chi connectivity index (χ2v) is 7.90. The van der Waals surface area contributed by atoms with Crippen molar-refractivity contribution in [1.82, 2.24) is 0 Å². The van der Waals surface area contributed by atoms with Crippen LogP contribution in [0.25, 0.3) is 0 Å². The van der Waals surface area contributed by atoms with Crippen LogP contribution < -0.4 is 0 Å². The Morgan fingerprint density at radius 3 is 0.714 bits per heavy atom. The van der Waals surface area contributed by atoms with Crippen molar-refractivity contribution in [3.05, 3.63) is 0 Å². The van der Waals surface area contributed by atoms with Crippen LogP contribution in [-0.2, 0) is 68.4 Å². The number of hydrogen-bond acceptors (Lipinski definition) is 0. The molecule has 0 aliphatic heterocycles. The first-order valence-electron chi connectivity index (χ1n) is 0.566. The molecule has 0 aromatic heterocycles. The van der Waals surface area contributed by atoms with Gasteiger partial charge in [0.05, 0.1) is 0 Å². The van der Waals surface area contributed by atoms with Crippen molar-refractivity contribution in [3.63, 3.8) is 0 Å². The van der Waals surface area contributed by atoms with Gasteiger partial charge in [0.15, 0.2) is 0 Å². The Labute approximate surface area is 88.8 Å². The van der Waals surface area contributed by atoms with Gasteiger partial charge in [0.1, 0.15) is 0 Å². The monoisotopic (exact) mass is 440 g/mol. The molecule has 0 aromatic rings. The summed E-state index contributed by atoms with van der Waals surface area (Å²) in [5.74, 6) is 0. The first-order chi connectivity index (χ1) is 2.83. The molecule has 2 radical (unpaired) electrons. The molecule has 0 heterocycles. The fourth-order valence-electron chi connectivity index (χ4n) is 0. The maximum absolute atomic E-state index is 4.09. The number of rotatable bonds is 0. The van der Waals surface area contributed by atoms with E-state index in [1.807, 2.05) is 0 Å². The molecule has 0 unspecified atom stereocenters. The molecule has 0 saturated heterocycles. The summed E-state index contributed by atoms with van der Waals surface area (Å²) in [5, 5.41) is 0. The number of hydrogen-bond donors (Lipinski definition) is 0. The summed E-state index contributed by atoms with van der Waals surface area (Å²) in [4.78, 5) is 0. The van der Waals surface area contributed by atoms with Crippen LogP contribution in [0.2, 0.25) is 0 Å². The van der Waals surface area contributed by atoms with Crippen molar-refractivity contribution >= 4 is 22.3 Å². The second-order valence-electron chi connectivity index (χ2n) is 0.0894. The van der Waals surface area contributed by atoms with Crippen molar-refractivity contribution in [1.29, 1.82) is 0 Å². The van der Waals surface area contributed by atoms with E-state index in [0.29, 0.717) is 0 Å². The predicted octanol–water partition coefficient (Wildman–Crippen LogP) is -0.774. The summed E-state index contributed by atoms with van der Waals surface area (Å²) < 4.78 is 0. The summed E-state index contributed by atoms with van der Waals surface area (Å²) >= 11 is 16.2. The quantitative estimate of drug-likeness (QED) is 0.432. The minimum atomic E-state index is -0.0625. The fraction of sp³-hybridized carbons (Fsp3) is 0. The van der Waals surface area contributed by atoms with Crippen LogP contribution in [0.15, 0.2) is 0 Å². The molecule has 0 aliphatic rings. The molecular weight excluding hydrogens is 443 g/mol. The molecule has 0 saturated carbocycles. The van der Waals surface area contributed by atoms with Crippen molar-refractivity contribution in [2.75, 3.05) is 0 Å². The van der Waals surface area contributed by atoms with E-state index in [1.165, 1.54) is 0 Å². The molecule has 7 heavy (non-hydrogen) atoms. The maximum atomic E-state index is 4.09. The predicted molar refractivity (Wildman–Crippen MR) is 11.5 cm³/mol. The van der Waals surface area contributed by atoms with E-state index in [4.69, 9.17) is 0 Å². The molecule has 7 heteroatoms. The SMILES string of the molecule is [Ni].[Ni]=[As]=[Ni].[Ni]=[As]=[Ni]. The Hall–Kier alpha value is 3.58. The van der Waals surface area contributed by atoms with Crippen LogP contribution in [-0.4, -0.2) is 22.3 Å². The van der Waals surface area contributed by atoms with Gasteiger partial charge >= 0.3 is 74.2 Å². The van der Waals surface area contributed by atoms with Crippen LogP contribution in [0.5, 0.6) is 0 Å². The Morgan fingerprint density at radius 1 is 0.714 bits per heavy atom. The van der Waals surface area contributed by atoms with Crippen LogP contribution >= 0.6 is 0 Å². The van der Waals surface area contributed by atoms with Gasteiger partial charge in [0.25, 0.3) is 0 Å². The summed E-state index contributed by atoms with van der Waals surface area (Å²) in [6.07, 6.45) is 0. The van der Waals surface area contributed by atoms with Gasteiger partial charge in [0.2, 0.25) is 0 Å². The van der Waals surface area contributed by atoms with Gasteiger partial charge in [0, 0.05) is 16.5 Å². The Balaban J connectivity index is -0.0000000400. The van der Waals surface area contributed by atoms with Gasteiger partial charge in [-0.15, -0.1) is 0 Å². The molecule has 0 atom stereocenters. The van der Waals surface area contributed by atoms with E-state index >= 15 is 0 Å². The van der Waals surface area contributed by atoms with Crippen molar-refractivity contribution in [2.24, 2.45) is 0 Å². The van der Waals surface area contributed by atoms with E-state index in [2.05, 4.69) is 51.9 Å². The van der Waals surface area contributed by atoms with E-state index < -0.39 is 0 Å². The van der Waals surface area contributed by atoms with Crippen molar-refractivity contribution in [2.45, 2.75) is 0 Å². The molecule has 0 spiro atoms. The van der Waals surface area contributed by atoms with E-state index in [0.717, 1.165) is 0 Å². The van der Waals surface area contributed by atoms with Gasteiger partial charge in [-0.25, -0.2) is 0 Å². The first kappa shape index (κ1) is 16.9. The zero-order valence-corrected chi connectivity index (χ0v) is 11.2. The molecule has 0 rings (SSSR count). The van der Waals surface area contributed by atoms with Crippen LogP contribution in [0.3, 0.4) is 0 Å². The van der Waals surface area contributed by atoms with E-state index in [1.54, 1.807) is 0 Å². The zero-order chi connectivity index (χ0) is 5.41. The van der Waals surface area contributed by atoms with Crippen LogP contribution in [0.4, 0.5) is 0 Å². The molecular formula is As2Ni5. The van der Waals surface area contributed by atoms with Crippen LogP contribution in [0.1, 0.15) is 0 Å². The molecule has 0 nitrogen and oxygen atoms in total. The van der Waals surface area contributed by atoms with Gasteiger partial charge in [-0.3, -0.25) is 0 Å². The normalized spacial score (nSPS) is 3.43. The van der Waals surface area contributed by atoms with E-state index in [9.17, 15) is 0 Å². The van der Waals surface area contributed by atoms with Gasteiger partial charge < -0.3 is 0 Å². The van der Waals surface area contributed by atoms with Crippen LogP contribution in [0, 0.1) is 0 Å². The zero-order valence-electron chi connectivity index (χ0n) is 2.48. The third-order valence-corrected chi connectivity index (χ3v) is 0. The third kappa shape index (κ3) is 42.9. The molecule has 0 bridgehead atoms.